The molecule has 0 radical (unpaired) electrons. The van der Waals surface area contributed by atoms with E-state index in [0.717, 1.165) is 22.7 Å². The third kappa shape index (κ3) is 2.78. The molecule has 0 saturated heterocycles. The topological polar surface area (TPSA) is 47.4 Å². The molecule has 5 nitrogen and oxygen atoms in total. The Hall–Kier alpha value is -1.04. The third-order valence-electron chi connectivity index (χ3n) is 3.20. The lowest BCUT2D eigenvalue weighted by molar-refractivity contribution is 0.0125. The first kappa shape index (κ1) is 14.4. The molecule has 1 aliphatic heterocycles. The van der Waals surface area contributed by atoms with Crippen molar-refractivity contribution in [3.8, 4) is 0 Å². The van der Waals surface area contributed by atoms with E-state index in [1.54, 1.807) is 4.90 Å². The Morgan fingerprint density at radius 2 is 2.05 bits per heavy atom. The van der Waals surface area contributed by atoms with Crippen molar-refractivity contribution in [3.05, 3.63) is 16.1 Å². The van der Waals surface area contributed by atoms with Gasteiger partial charge in [-0.2, -0.15) is 0 Å². The van der Waals surface area contributed by atoms with Crippen molar-refractivity contribution in [1.29, 1.82) is 0 Å². The van der Waals surface area contributed by atoms with Gasteiger partial charge < -0.3 is 9.30 Å². The van der Waals surface area contributed by atoms with Crippen LogP contribution in [0.3, 0.4) is 0 Å². The quantitative estimate of drug-likeness (QED) is 0.733. The molecular weight excluding hydrogens is 310 g/mol. The average molecular weight is 330 g/mol. The zero-order valence-corrected chi connectivity index (χ0v) is 13.6. The largest absolute Gasteiger partial charge is 0.444 e. The molecule has 0 fully saturated rings. The molecule has 0 spiro atoms. The van der Waals surface area contributed by atoms with E-state index in [2.05, 4.69) is 25.5 Å². The van der Waals surface area contributed by atoms with E-state index in [1.165, 1.54) is 0 Å². The summed E-state index contributed by atoms with van der Waals surface area (Å²) in [6.07, 6.45) is -0.261. The second-order valence-electron chi connectivity index (χ2n) is 5.85. The van der Waals surface area contributed by atoms with Crippen LogP contribution in [0.2, 0.25) is 0 Å². The van der Waals surface area contributed by atoms with Gasteiger partial charge in [-0.15, -0.1) is 0 Å². The fourth-order valence-electron chi connectivity index (χ4n) is 2.41. The Kier molecular flexibility index (Phi) is 3.64. The van der Waals surface area contributed by atoms with Gasteiger partial charge in [0.25, 0.3) is 0 Å². The first-order valence-electron chi connectivity index (χ1n) is 6.43. The number of fused-ring (bicyclic) bond motifs is 1. The van der Waals surface area contributed by atoms with Crippen molar-refractivity contribution in [1.82, 2.24) is 14.5 Å². The number of carbonyl (C=O) groups is 1. The molecule has 0 saturated carbocycles. The molecule has 1 unspecified atom stereocenters. The number of carbonyl (C=O) groups excluding carboxylic acids is 1. The number of amides is 1. The van der Waals surface area contributed by atoms with Crippen molar-refractivity contribution >= 4 is 22.0 Å². The molecule has 1 aliphatic rings. The predicted molar refractivity (Wildman–Crippen MR) is 76.0 cm³/mol. The van der Waals surface area contributed by atoms with Gasteiger partial charge >= 0.3 is 6.09 Å². The SMILES string of the molecule is Cc1nc(Br)n2c1C(C)N(C(=O)OC(C)(C)C)CC2. The molecule has 1 aromatic heterocycles. The van der Waals surface area contributed by atoms with E-state index in [4.69, 9.17) is 4.74 Å². The Balaban J connectivity index is 2.24. The van der Waals surface area contributed by atoms with Gasteiger partial charge in [-0.05, 0) is 50.5 Å². The minimum atomic E-state index is -0.468. The molecule has 19 heavy (non-hydrogen) atoms. The molecule has 0 aliphatic carbocycles. The van der Waals surface area contributed by atoms with Gasteiger partial charge in [0.2, 0.25) is 0 Å². The number of rotatable bonds is 0. The molecule has 6 heteroatoms. The molecular formula is C13H20BrN3O2. The van der Waals surface area contributed by atoms with Crippen LogP contribution in [0.4, 0.5) is 4.79 Å². The maximum atomic E-state index is 12.2. The molecule has 106 valence electrons. The Labute approximate surface area is 122 Å². The summed E-state index contributed by atoms with van der Waals surface area (Å²) >= 11 is 3.45. The summed E-state index contributed by atoms with van der Waals surface area (Å²) in [6.45, 7) is 11.0. The van der Waals surface area contributed by atoms with E-state index in [0.29, 0.717) is 6.54 Å². The lowest BCUT2D eigenvalue weighted by atomic mass is 10.1. The first-order chi connectivity index (χ1) is 8.70. The third-order valence-corrected chi connectivity index (χ3v) is 3.81. The van der Waals surface area contributed by atoms with Crippen molar-refractivity contribution in [2.75, 3.05) is 6.54 Å². The fourth-order valence-corrected chi connectivity index (χ4v) is 3.04. The highest BCUT2D eigenvalue weighted by Gasteiger charge is 2.33. The Morgan fingerprint density at radius 1 is 1.42 bits per heavy atom. The number of hydrogen-bond donors (Lipinski definition) is 0. The van der Waals surface area contributed by atoms with Crippen molar-refractivity contribution in [3.63, 3.8) is 0 Å². The molecule has 0 aromatic carbocycles. The van der Waals surface area contributed by atoms with Crippen LogP contribution in [0.15, 0.2) is 4.73 Å². The lowest BCUT2D eigenvalue weighted by Gasteiger charge is -2.36. The Bertz CT molecular complexity index is 505. The van der Waals surface area contributed by atoms with E-state index >= 15 is 0 Å². The van der Waals surface area contributed by atoms with Crippen LogP contribution in [-0.2, 0) is 11.3 Å². The monoisotopic (exact) mass is 329 g/mol. The second kappa shape index (κ2) is 4.81. The zero-order chi connectivity index (χ0) is 14.4. The maximum Gasteiger partial charge on any atom is 0.410 e. The van der Waals surface area contributed by atoms with E-state index in [-0.39, 0.29) is 12.1 Å². The maximum absolute atomic E-state index is 12.2. The van der Waals surface area contributed by atoms with Crippen molar-refractivity contribution < 1.29 is 9.53 Å². The number of nitrogens with zero attached hydrogens (tertiary/aromatic N) is 3. The van der Waals surface area contributed by atoms with Crippen molar-refractivity contribution in [2.24, 2.45) is 0 Å². The summed E-state index contributed by atoms with van der Waals surface area (Å²) in [6, 6.07) is -0.0256. The number of ether oxygens (including phenoxy) is 1. The van der Waals surface area contributed by atoms with Gasteiger partial charge in [0, 0.05) is 13.1 Å². The van der Waals surface area contributed by atoms with Gasteiger partial charge in [0.1, 0.15) is 5.60 Å². The normalized spacial score (nSPS) is 19.3. The Morgan fingerprint density at radius 3 is 2.63 bits per heavy atom. The summed E-state index contributed by atoms with van der Waals surface area (Å²) in [4.78, 5) is 18.4. The predicted octanol–water partition coefficient (Wildman–Crippen LogP) is 3.27. The molecule has 2 rings (SSSR count). The van der Waals surface area contributed by atoms with Crippen LogP contribution in [0.5, 0.6) is 0 Å². The van der Waals surface area contributed by atoms with Crippen LogP contribution >= 0.6 is 15.9 Å². The van der Waals surface area contributed by atoms with Crippen molar-refractivity contribution in [2.45, 2.75) is 52.8 Å². The second-order valence-corrected chi connectivity index (χ2v) is 6.56. The summed E-state index contributed by atoms with van der Waals surface area (Å²) < 4.78 is 8.40. The van der Waals surface area contributed by atoms with E-state index < -0.39 is 5.60 Å². The van der Waals surface area contributed by atoms with Gasteiger partial charge in [-0.1, -0.05) is 0 Å². The minimum absolute atomic E-state index is 0.0256. The molecule has 2 heterocycles. The number of imidazole rings is 1. The summed E-state index contributed by atoms with van der Waals surface area (Å²) in [5, 5.41) is 0. The fraction of sp³-hybridized carbons (Fsp3) is 0.692. The molecule has 0 N–H and O–H groups in total. The average Bonchev–Trinajstić information content (AvgIpc) is 2.52. The highest BCUT2D eigenvalue weighted by atomic mass is 79.9. The summed E-state index contributed by atoms with van der Waals surface area (Å²) in [5.74, 6) is 0. The van der Waals surface area contributed by atoms with Gasteiger partial charge in [0.05, 0.1) is 17.4 Å². The van der Waals surface area contributed by atoms with Crippen LogP contribution < -0.4 is 0 Å². The van der Waals surface area contributed by atoms with Gasteiger partial charge in [0.15, 0.2) is 4.73 Å². The highest BCUT2D eigenvalue weighted by molar-refractivity contribution is 9.10. The first-order valence-corrected chi connectivity index (χ1v) is 7.22. The summed E-state index contributed by atoms with van der Waals surface area (Å²) in [7, 11) is 0. The number of halogens is 1. The van der Waals surface area contributed by atoms with E-state index in [1.807, 2.05) is 34.6 Å². The van der Waals surface area contributed by atoms with E-state index in [9.17, 15) is 4.79 Å². The highest BCUT2D eigenvalue weighted by Crippen LogP contribution is 2.31. The minimum Gasteiger partial charge on any atom is -0.444 e. The zero-order valence-electron chi connectivity index (χ0n) is 12.0. The van der Waals surface area contributed by atoms with Crippen LogP contribution in [0.25, 0.3) is 0 Å². The van der Waals surface area contributed by atoms with Gasteiger partial charge in [-0.25, -0.2) is 9.78 Å². The molecule has 0 bridgehead atoms. The van der Waals surface area contributed by atoms with Crippen LogP contribution in [0, 0.1) is 6.92 Å². The number of hydrogen-bond acceptors (Lipinski definition) is 3. The number of aromatic nitrogens is 2. The smallest absolute Gasteiger partial charge is 0.410 e. The molecule has 1 aromatic rings. The van der Waals surface area contributed by atoms with Crippen LogP contribution in [0.1, 0.15) is 45.1 Å². The standard InChI is InChI=1S/C13H20BrN3O2/c1-8-10-9(2)16(12(18)19-13(3,4)5)6-7-17(10)11(14)15-8/h9H,6-7H2,1-5H3. The summed E-state index contributed by atoms with van der Waals surface area (Å²) in [5.41, 5.74) is 1.56. The van der Waals surface area contributed by atoms with Gasteiger partial charge in [-0.3, -0.25) is 4.90 Å². The molecule has 1 amide bonds. The van der Waals surface area contributed by atoms with Crippen LogP contribution in [-0.4, -0.2) is 32.7 Å². The lowest BCUT2D eigenvalue weighted by Crippen LogP contribution is -2.43. The number of aryl methyl sites for hydroxylation is 1. The molecule has 1 atom stereocenters.